The Bertz CT molecular complexity index is 656. The lowest BCUT2D eigenvalue weighted by Crippen LogP contribution is -2.37. The van der Waals surface area contributed by atoms with E-state index in [2.05, 4.69) is 40.7 Å². The number of benzene rings is 1. The van der Waals surface area contributed by atoms with Crippen LogP contribution in [0.3, 0.4) is 0 Å². The van der Waals surface area contributed by atoms with Gasteiger partial charge in [-0.05, 0) is 44.2 Å². The molecule has 0 saturated carbocycles. The van der Waals surface area contributed by atoms with Crippen molar-refractivity contribution in [3.63, 3.8) is 0 Å². The third-order valence-electron chi connectivity index (χ3n) is 5.48. The van der Waals surface area contributed by atoms with Gasteiger partial charge in [0.05, 0.1) is 25.9 Å². The topological polar surface area (TPSA) is 73.3 Å². The van der Waals surface area contributed by atoms with Crippen LogP contribution in [0.2, 0.25) is 0 Å². The quantitative estimate of drug-likeness (QED) is 0.326. The predicted octanol–water partition coefficient (Wildman–Crippen LogP) is 2.66. The normalized spacial score (nSPS) is 21.7. The molecule has 2 saturated heterocycles. The van der Waals surface area contributed by atoms with Gasteiger partial charge in [-0.3, -0.25) is 4.99 Å². The molecule has 2 N–H and O–H groups in total. The van der Waals surface area contributed by atoms with E-state index in [1.165, 1.54) is 5.56 Å². The fourth-order valence-corrected chi connectivity index (χ4v) is 3.64. The SMILES string of the molecule is CN=C(NCCCOCC1CCCO1)NCc1ccc(C)cc1OCC1CCOC1. The lowest BCUT2D eigenvalue weighted by molar-refractivity contribution is 0.0168. The van der Waals surface area contributed by atoms with Gasteiger partial charge in [0.15, 0.2) is 5.96 Å². The number of nitrogens with zero attached hydrogens (tertiary/aromatic N) is 1. The molecular weight excluding hydrogens is 382 g/mol. The fraction of sp³-hybridized carbons (Fsp3) is 0.696. The van der Waals surface area contributed by atoms with Gasteiger partial charge in [0.25, 0.3) is 0 Å². The number of nitrogens with one attached hydrogen (secondary N) is 2. The maximum absolute atomic E-state index is 6.13. The van der Waals surface area contributed by atoms with Crippen molar-refractivity contribution in [3.8, 4) is 5.75 Å². The summed E-state index contributed by atoms with van der Waals surface area (Å²) < 4.78 is 22.9. The van der Waals surface area contributed by atoms with Crippen molar-refractivity contribution in [1.29, 1.82) is 0 Å². The molecule has 0 aliphatic carbocycles. The van der Waals surface area contributed by atoms with Gasteiger partial charge in [-0.25, -0.2) is 0 Å². The number of aliphatic imine (C=N–C) groups is 1. The van der Waals surface area contributed by atoms with Crippen LogP contribution in [0.1, 0.15) is 36.8 Å². The minimum atomic E-state index is 0.291. The summed E-state index contributed by atoms with van der Waals surface area (Å²) >= 11 is 0. The van der Waals surface area contributed by atoms with Crippen LogP contribution in [-0.4, -0.2) is 65.3 Å². The zero-order valence-corrected chi connectivity index (χ0v) is 18.5. The highest BCUT2D eigenvalue weighted by molar-refractivity contribution is 5.79. The van der Waals surface area contributed by atoms with E-state index < -0.39 is 0 Å². The molecule has 1 aromatic rings. The molecule has 0 aromatic heterocycles. The van der Waals surface area contributed by atoms with Crippen molar-refractivity contribution in [2.45, 2.75) is 45.3 Å². The molecule has 168 valence electrons. The summed E-state index contributed by atoms with van der Waals surface area (Å²) in [6.07, 6.45) is 4.57. The average Bonchev–Trinajstić information content (AvgIpc) is 3.46. The molecule has 0 amide bonds. The highest BCUT2D eigenvalue weighted by Crippen LogP contribution is 2.22. The average molecular weight is 420 g/mol. The lowest BCUT2D eigenvalue weighted by Gasteiger charge is -2.17. The molecule has 2 aliphatic heterocycles. The van der Waals surface area contributed by atoms with Gasteiger partial charge in [-0.15, -0.1) is 0 Å². The second-order valence-corrected chi connectivity index (χ2v) is 8.07. The molecule has 0 radical (unpaired) electrons. The van der Waals surface area contributed by atoms with Crippen molar-refractivity contribution >= 4 is 5.96 Å². The Morgan fingerprint density at radius 3 is 2.90 bits per heavy atom. The van der Waals surface area contributed by atoms with E-state index in [4.69, 9.17) is 18.9 Å². The first-order chi connectivity index (χ1) is 14.7. The highest BCUT2D eigenvalue weighted by atomic mass is 16.5. The van der Waals surface area contributed by atoms with Gasteiger partial charge in [-0.2, -0.15) is 0 Å². The van der Waals surface area contributed by atoms with E-state index in [0.717, 1.165) is 75.9 Å². The second kappa shape index (κ2) is 12.8. The van der Waals surface area contributed by atoms with E-state index in [1.54, 1.807) is 7.05 Å². The minimum absolute atomic E-state index is 0.291. The van der Waals surface area contributed by atoms with E-state index in [9.17, 15) is 0 Å². The summed E-state index contributed by atoms with van der Waals surface area (Å²) in [5.74, 6) is 2.21. The first kappa shape index (κ1) is 22.8. The standard InChI is InChI=1S/C23H37N3O4/c1-18-6-7-20(22(13-18)30-16-19-8-12-28-15-19)14-26-23(24-2)25-9-4-10-27-17-21-5-3-11-29-21/h6-7,13,19,21H,3-5,8-12,14-17H2,1-2H3,(H2,24,25,26). The number of aryl methyl sites for hydroxylation is 1. The first-order valence-electron chi connectivity index (χ1n) is 11.2. The predicted molar refractivity (Wildman–Crippen MR) is 118 cm³/mol. The van der Waals surface area contributed by atoms with Crippen molar-refractivity contribution in [2.24, 2.45) is 10.9 Å². The van der Waals surface area contributed by atoms with E-state index in [0.29, 0.717) is 31.8 Å². The molecule has 0 spiro atoms. The Balaban J connectivity index is 1.36. The molecule has 1 aromatic carbocycles. The molecule has 7 heteroatoms. The molecule has 0 bridgehead atoms. The molecule has 2 heterocycles. The smallest absolute Gasteiger partial charge is 0.191 e. The summed E-state index contributed by atoms with van der Waals surface area (Å²) in [5.41, 5.74) is 2.32. The highest BCUT2D eigenvalue weighted by Gasteiger charge is 2.17. The van der Waals surface area contributed by atoms with Gasteiger partial charge in [0.2, 0.25) is 0 Å². The number of hydrogen-bond donors (Lipinski definition) is 2. The van der Waals surface area contributed by atoms with Crippen LogP contribution in [0.5, 0.6) is 5.75 Å². The third kappa shape index (κ3) is 7.78. The van der Waals surface area contributed by atoms with Crippen LogP contribution in [0.4, 0.5) is 0 Å². The second-order valence-electron chi connectivity index (χ2n) is 8.07. The summed E-state index contributed by atoms with van der Waals surface area (Å²) in [5, 5.41) is 6.73. The third-order valence-corrected chi connectivity index (χ3v) is 5.48. The molecule has 2 unspecified atom stereocenters. The molecule has 2 atom stereocenters. The number of hydrogen-bond acceptors (Lipinski definition) is 5. The van der Waals surface area contributed by atoms with Gasteiger partial charge >= 0.3 is 0 Å². The van der Waals surface area contributed by atoms with E-state index in [1.807, 2.05) is 0 Å². The van der Waals surface area contributed by atoms with Gasteiger partial charge < -0.3 is 29.6 Å². The number of ether oxygens (including phenoxy) is 4. The van der Waals surface area contributed by atoms with Crippen molar-refractivity contribution in [3.05, 3.63) is 29.3 Å². The van der Waals surface area contributed by atoms with Crippen LogP contribution in [0.15, 0.2) is 23.2 Å². The largest absolute Gasteiger partial charge is 0.493 e. The maximum atomic E-state index is 6.13. The summed E-state index contributed by atoms with van der Waals surface area (Å²) in [4.78, 5) is 4.32. The fourth-order valence-electron chi connectivity index (χ4n) is 3.64. The maximum Gasteiger partial charge on any atom is 0.191 e. The Morgan fingerprint density at radius 2 is 2.13 bits per heavy atom. The zero-order valence-electron chi connectivity index (χ0n) is 18.5. The summed E-state index contributed by atoms with van der Waals surface area (Å²) in [6, 6.07) is 6.34. The van der Waals surface area contributed by atoms with Crippen LogP contribution in [-0.2, 0) is 20.8 Å². The molecule has 3 rings (SSSR count). The van der Waals surface area contributed by atoms with Crippen molar-refractivity contribution in [2.75, 3.05) is 53.2 Å². The monoisotopic (exact) mass is 419 g/mol. The van der Waals surface area contributed by atoms with Crippen LogP contribution in [0, 0.1) is 12.8 Å². The Hall–Kier alpha value is -1.83. The number of guanidine groups is 1. The van der Waals surface area contributed by atoms with Crippen molar-refractivity contribution in [1.82, 2.24) is 10.6 Å². The zero-order chi connectivity index (χ0) is 21.0. The number of rotatable bonds is 11. The minimum Gasteiger partial charge on any atom is -0.493 e. The van der Waals surface area contributed by atoms with Crippen LogP contribution < -0.4 is 15.4 Å². The first-order valence-corrected chi connectivity index (χ1v) is 11.2. The Kier molecular flexibility index (Phi) is 9.73. The summed E-state index contributed by atoms with van der Waals surface area (Å²) in [7, 11) is 1.79. The molecule has 7 nitrogen and oxygen atoms in total. The molecule has 2 fully saturated rings. The van der Waals surface area contributed by atoms with E-state index >= 15 is 0 Å². The van der Waals surface area contributed by atoms with Crippen LogP contribution in [0.25, 0.3) is 0 Å². The van der Waals surface area contributed by atoms with Crippen LogP contribution >= 0.6 is 0 Å². The summed E-state index contributed by atoms with van der Waals surface area (Å²) in [6.45, 7) is 8.21. The Morgan fingerprint density at radius 1 is 1.20 bits per heavy atom. The molecular formula is C23H37N3O4. The molecule has 2 aliphatic rings. The Labute approximate surface area is 180 Å². The van der Waals surface area contributed by atoms with E-state index in [-0.39, 0.29) is 0 Å². The van der Waals surface area contributed by atoms with Gasteiger partial charge in [0, 0.05) is 51.4 Å². The molecule has 30 heavy (non-hydrogen) atoms. The van der Waals surface area contributed by atoms with Gasteiger partial charge in [-0.1, -0.05) is 12.1 Å². The van der Waals surface area contributed by atoms with Crippen molar-refractivity contribution < 1.29 is 18.9 Å². The van der Waals surface area contributed by atoms with Gasteiger partial charge in [0.1, 0.15) is 5.75 Å². The lowest BCUT2D eigenvalue weighted by atomic mass is 10.1.